The molecular formula is C16H27NO3S. The minimum absolute atomic E-state index is 0.143. The summed E-state index contributed by atoms with van der Waals surface area (Å²) in [6.45, 7) is 6.74. The second kappa shape index (κ2) is 8.51. The Bertz CT molecular complexity index is 511. The summed E-state index contributed by atoms with van der Waals surface area (Å²) in [6.07, 6.45) is 2.57. The lowest BCUT2D eigenvalue weighted by atomic mass is 9.99. The van der Waals surface area contributed by atoms with Crippen molar-refractivity contribution in [1.82, 2.24) is 4.72 Å². The van der Waals surface area contributed by atoms with Crippen LogP contribution in [0.4, 0.5) is 0 Å². The minimum Gasteiger partial charge on any atom is -0.396 e. The van der Waals surface area contributed by atoms with Crippen molar-refractivity contribution in [2.75, 3.05) is 13.2 Å². The second-order valence-corrected chi connectivity index (χ2v) is 7.47. The number of nitrogens with one attached hydrogen (secondary N) is 1. The second-order valence-electron chi connectivity index (χ2n) is 5.71. The Kier molecular flexibility index (Phi) is 7.35. The van der Waals surface area contributed by atoms with Gasteiger partial charge in [0.25, 0.3) is 0 Å². The van der Waals surface area contributed by atoms with Crippen molar-refractivity contribution in [3.05, 3.63) is 29.8 Å². The maximum absolute atomic E-state index is 12.1. The molecule has 5 heteroatoms. The molecule has 2 unspecified atom stereocenters. The summed E-state index contributed by atoms with van der Waals surface area (Å²) >= 11 is 0. The van der Waals surface area contributed by atoms with Gasteiger partial charge in [-0.25, -0.2) is 13.1 Å². The summed E-state index contributed by atoms with van der Waals surface area (Å²) in [5.74, 6) is 0.652. The summed E-state index contributed by atoms with van der Waals surface area (Å²) in [5.41, 5.74) is 1.16. The minimum atomic E-state index is -3.43. The smallest absolute Gasteiger partial charge is 0.240 e. The number of hydrogen-bond donors (Lipinski definition) is 2. The van der Waals surface area contributed by atoms with E-state index in [2.05, 4.69) is 18.6 Å². The van der Waals surface area contributed by atoms with Crippen LogP contribution in [0.3, 0.4) is 0 Å². The van der Waals surface area contributed by atoms with Gasteiger partial charge in [-0.1, -0.05) is 32.9 Å². The molecule has 0 saturated carbocycles. The van der Waals surface area contributed by atoms with Gasteiger partial charge in [-0.3, -0.25) is 0 Å². The van der Waals surface area contributed by atoms with E-state index in [1.54, 1.807) is 12.1 Å². The van der Waals surface area contributed by atoms with E-state index in [-0.39, 0.29) is 12.5 Å². The molecule has 1 aromatic carbocycles. The van der Waals surface area contributed by atoms with E-state index in [0.29, 0.717) is 17.4 Å². The zero-order valence-corrected chi connectivity index (χ0v) is 14.0. The fraction of sp³-hybridized carbons (Fsp3) is 0.625. The van der Waals surface area contributed by atoms with Gasteiger partial charge in [0.1, 0.15) is 0 Å². The van der Waals surface area contributed by atoms with Gasteiger partial charge < -0.3 is 5.11 Å². The zero-order valence-electron chi connectivity index (χ0n) is 13.2. The average molecular weight is 313 g/mol. The molecule has 2 atom stereocenters. The molecule has 0 radical (unpaired) electrons. The molecule has 0 aliphatic heterocycles. The SMILES string of the molecule is CCC(C)c1ccc(S(=O)(=O)NCCCC(C)CO)cc1. The largest absolute Gasteiger partial charge is 0.396 e. The van der Waals surface area contributed by atoms with Crippen molar-refractivity contribution < 1.29 is 13.5 Å². The van der Waals surface area contributed by atoms with Crippen LogP contribution in [-0.4, -0.2) is 26.7 Å². The highest BCUT2D eigenvalue weighted by Gasteiger charge is 2.14. The number of hydrogen-bond acceptors (Lipinski definition) is 3. The molecule has 0 aliphatic carbocycles. The lowest BCUT2D eigenvalue weighted by molar-refractivity contribution is 0.228. The molecule has 0 bridgehead atoms. The maximum atomic E-state index is 12.1. The van der Waals surface area contributed by atoms with E-state index < -0.39 is 10.0 Å². The molecular weight excluding hydrogens is 286 g/mol. The first-order valence-corrected chi connectivity index (χ1v) is 9.09. The van der Waals surface area contributed by atoms with Gasteiger partial charge in [-0.15, -0.1) is 0 Å². The molecule has 0 spiro atoms. The molecule has 1 aromatic rings. The molecule has 0 fully saturated rings. The number of sulfonamides is 1. The first-order valence-electron chi connectivity index (χ1n) is 7.61. The van der Waals surface area contributed by atoms with Gasteiger partial charge in [0.2, 0.25) is 10.0 Å². The van der Waals surface area contributed by atoms with Crippen molar-refractivity contribution in [2.24, 2.45) is 5.92 Å². The summed E-state index contributed by atoms with van der Waals surface area (Å²) in [5, 5.41) is 8.92. The van der Waals surface area contributed by atoms with Crippen LogP contribution in [0.2, 0.25) is 0 Å². The molecule has 0 saturated heterocycles. The summed E-state index contributed by atoms with van der Waals surface area (Å²) in [4.78, 5) is 0.310. The first-order chi connectivity index (χ1) is 9.90. The number of rotatable bonds is 9. The van der Waals surface area contributed by atoms with Crippen LogP contribution in [-0.2, 0) is 10.0 Å². The summed E-state index contributed by atoms with van der Waals surface area (Å²) < 4.78 is 26.9. The Hall–Kier alpha value is -0.910. The normalized spacial score (nSPS) is 14.9. The topological polar surface area (TPSA) is 66.4 Å². The molecule has 0 amide bonds. The fourth-order valence-electron chi connectivity index (χ4n) is 2.04. The standard InChI is InChI=1S/C16H27NO3S/c1-4-14(3)15-7-9-16(10-8-15)21(19,20)17-11-5-6-13(2)12-18/h7-10,13-14,17-18H,4-6,11-12H2,1-3H3. The third kappa shape index (κ3) is 5.77. The highest BCUT2D eigenvalue weighted by Crippen LogP contribution is 2.20. The van der Waals surface area contributed by atoms with Crippen LogP contribution < -0.4 is 4.72 Å². The highest BCUT2D eigenvalue weighted by atomic mass is 32.2. The fourth-order valence-corrected chi connectivity index (χ4v) is 3.12. The van der Waals surface area contributed by atoms with E-state index in [1.165, 1.54) is 0 Å². The van der Waals surface area contributed by atoms with Crippen molar-refractivity contribution in [2.45, 2.75) is 50.8 Å². The first kappa shape index (κ1) is 18.1. The zero-order chi connectivity index (χ0) is 15.9. The van der Waals surface area contributed by atoms with Crippen LogP contribution in [0.25, 0.3) is 0 Å². The van der Waals surface area contributed by atoms with Gasteiger partial charge in [0.05, 0.1) is 4.90 Å². The van der Waals surface area contributed by atoms with Gasteiger partial charge in [0, 0.05) is 13.2 Å². The van der Waals surface area contributed by atoms with Gasteiger partial charge in [0.15, 0.2) is 0 Å². The van der Waals surface area contributed by atoms with Crippen molar-refractivity contribution in [1.29, 1.82) is 0 Å². The van der Waals surface area contributed by atoms with Crippen LogP contribution >= 0.6 is 0 Å². The molecule has 2 N–H and O–H groups in total. The Morgan fingerprint density at radius 3 is 2.33 bits per heavy atom. The highest BCUT2D eigenvalue weighted by molar-refractivity contribution is 7.89. The van der Waals surface area contributed by atoms with Gasteiger partial charge in [-0.05, 0) is 48.8 Å². The summed E-state index contributed by atoms with van der Waals surface area (Å²) in [7, 11) is -3.43. The van der Waals surface area contributed by atoms with E-state index in [9.17, 15) is 8.42 Å². The molecule has 21 heavy (non-hydrogen) atoms. The van der Waals surface area contributed by atoms with E-state index >= 15 is 0 Å². The van der Waals surface area contributed by atoms with Crippen LogP contribution in [0, 0.1) is 5.92 Å². The number of aliphatic hydroxyl groups is 1. The number of aliphatic hydroxyl groups excluding tert-OH is 1. The third-order valence-corrected chi connectivity index (χ3v) is 5.33. The Balaban J connectivity index is 2.58. The molecule has 4 nitrogen and oxygen atoms in total. The van der Waals surface area contributed by atoms with E-state index in [1.807, 2.05) is 19.1 Å². The van der Waals surface area contributed by atoms with Gasteiger partial charge >= 0.3 is 0 Å². The Morgan fingerprint density at radius 2 is 1.81 bits per heavy atom. The Labute approximate surface area is 128 Å². The monoisotopic (exact) mass is 313 g/mol. The van der Waals surface area contributed by atoms with Crippen molar-refractivity contribution in [3.8, 4) is 0 Å². The molecule has 120 valence electrons. The van der Waals surface area contributed by atoms with E-state index in [4.69, 9.17) is 5.11 Å². The number of benzene rings is 1. The molecule has 1 rings (SSSR count). The van der Waals surface area contributed by atoms with Crippen LogP contribution in [0.5, 0.6) is 0 Å². The lowest BCUT2D eigenvalue weighted by Crippen LogP contribution is -2.25. The van der Waals surface area contributed by atoms with E-state index in [0.717, 1.165) is 24.8 Å². The van der Waals surface area contributed by atoms with Crippen LogP contribution in [0.15, 0.2) is 29.2 Å². The average Bonchev–Trinajstić information content (AvgIpc) is 2.50. The maximum Gasteiger partial charge on any atom is 0.240 e. The molecule has 0 heterocycles. The lowest BCUT2D eigenvalue weighted by Gasteiger charge is -2.11. The van der Waals surface area contributed by atoms with Gasteiger partial charge in [-0.2, -0.15) is 0 Å². The quantitative estimate of drug-likeness (QED) is 0.689. The predicted octanol–water partition coefficient (Wildman–Crippen LogP) is 2.89. The van der Waals surface area contributed by atoms with Crippen molar-refractivity contribution in [3.63, 3.8) is 0 Å². The predicted molar refractivity (Wildman–Crippen MR) is 85.8 cm³/mol. The van der Waals surface area contributed by atoms with Crippen molar-refractivity contribution >= 4 is 10.0 Å². The summed E-state index contributed by atoms with van der Waals surface area (Å²) in [6, 6.07) is 7.10. The van der Waals surface area contributed by atoms with Crippen LogP contribution in [0.1, 0.15) is 51.5 Å². The third-order valence-electron chi connectivity index (χ3n) is 3.85. The molecule has 0 aromatic heterocycles. The molecule has 0 aliphatic rings. The Morgan fingerprint density at radius 1 is 1.19 bits per heavy atom.